The van der Waals surface area contributed by atoms with Crippen LogP contribution in [-0.4, -0.2) is 44.6 Å². The molecule has 0 saturated heterocycles. The summed E-state index contributed by atoms with van der Waals surface area (Å²) in [5, 5.41) is 8.66. The van der Waals surface area contributed by atoms with Crippen LogP contribution in [0.4, 0.5) is 0 Å². The number of methoxy groups -OCH3 is 1. The molecular weight excluding hydrogens is 228 g/mol. The maximum atomic E-state index is 10.6. The van der Waals surface area contributed by atoms with E-state index in [1.54, 1.807) is 7.11 Å². The summed E-state index contributed by atoms with van der Waals surface area (Å²) in [5.74, 6) is -0.526. The lowest BCUT2D eigenvalue weighted by Gasteiger charge is -2.03. The van der Waals surface area contributed by atoms with Crippen LogP contribution in [0, 0.1) is 0 Å². The molecule has 0 bridgehead atoms. The third kappa shape index (κ3) is 5.48. The van der Waals surface area contributed by atoms with Crippen LogP contribution in [0.5, 0.6) is 0 Å². The molecule has 0 aliphatic carbocycles. The number of aromatic carboxylic acids is 1. The minimum absolute atomic E-state index is 0.125. The van der Waals surface area contributed by atoms with Gasteiger partial charge in [0.05, 0.1) is 32.0 Å². The normalized spacial score (nSPS) is 10.6. The Morgan fingerprint density at radius 3 is 2.65 bits per heavy atom. The van der Waals surface area contributed by atoms with E-state index in [1.165, 1.54) is 12.3 Å². The predicted molar refractivity (Wildman–Crippen MR) is 58.0 cm³/mol. The number of furan rings is 1. The van der Waals surface area contributed by atoms with Crippen molar-refractivity contribution in [3.05, 3.63) is 23.7 Å². The van der Waals surface area contributed by atoms with Crippen LogP contribution in [-0.2, 0) is 20.8 Å². The fourth-order valence-electron chi connectivity index (χ4n) is 1.10. The zero-order valence-electron chi connectivity index (χ0n) is 9.68. The van der Waals surface area contributed by atoms with Crippen molar-refractivity contribution in [2.24, 2.45) is 0 Å². The fourth-order valence-corrected chi connectivity index (χ4v) is 1.10. The first kappa shape index (κ1) is 13.7. The highest BCUT2D eigenvalue weighted by Crippen LogP contribution is 2.08. The summed E-state index contributed by atoms with van der Waals surface area (Å²) in [6, 6.07) is 1.44. The standard InChI is InChI=1S/C11H16O6/c1-14-2-3-15-4-5-16-8-10-6-9(7-17-10)11(12)13/h6-7H,2-5,8H2,1H3,(H,12,13). The average molecular weight is 244 g/mol. The second-order valence-corrected chi connectivity index (χ2v) is 3.26. The molecule has 6 heteroatoms. The molecule has 0 aliphatic heterocycles. The van der Waals surface area contributed by atoms with Crippen LogP contribution in [0.25, 0.3) is 0 Å². The molecule has 0 unspecified atom stereocenters. The van der Waals surface area contributed by atoms with Crippen LogP contribution in [0.15, 0.2) is 16.7 Å². The highest BCUT2D eigenvalue weighted by atomic mass is 16.5. The van der Waals surface area contributed by atoms with Crippen LogP contribution in [0.2, 0.25) is 0 Å². The van der Waals surface area contributed by atoms with Gasteiger partial charge in [-0.05, 0) is 6.07 Å². The van der Waals surface area contributed by atoms with Crippen molar-refractivity contribution >= 4 is 5.97 Å². The van der Waals surface area contributed by atoms with E-state index in [1.807, 2.05) is 0 Å². The topological polar surface area (TPSA) is 78.1 Å². The first-order valence-electron chi connectivity index (χ1n) is 5.19. The van der Waals surface area contributed by atoms with Gasteiger partial charge >= 0.3 is 5.97 Å². The first-order valence-corrected chi connectivity index (χ1v) is 5.19. The number of rotatable bonds is 9. The zero-order valence-corrected chi connectivity index (χ0v) is 9.68. The lowest BCUT2D eigenvalue weighted by atomic mass is 10.3. The SMILES string of the molecule is COCCOCCOCc1cc(C(=O)O)co1. The lowest BCUT2D eigenvalue weighted by Crippen LogP contribution is -2.08. The van der Waals surface area contributed by atoms with E-state index in [4.69, 9.17) is 23.7 Å². The summed E-state index contributed by atoms with van der Waals surface area (Å²) in [4.78, 5) is 10.6. The second kappa shape index (κ2) is 7.83. The molecule has 17 heavy (non-hydrogen) atoms. The van der Waals surface area contributed by atoms with E-state index in [9.17, 15) is 4.79 Å². The van der Waals surface area contributed by atoms with E-state index in [0.717, 1.165) is 0 Å². The summed E-state index contributed by atoms with van der Waals surface area (Å²) in [6.45, 7) is 2.22. The largest absolute Gasteiger partial charge is 0.478 e. The number of hydrogen-bond donors (Lipinski definition) is 1. The Labute approximate surface area is 99.1 Å². The molecule has 6 nitrogen and oxygen atoms in total. The molecule has 1 heterocycles. The van der Waals surface area contributed by atoms with Crippen LogP contribution in [0.1, 0.15) is 16.1 Å². The molecule has 0 radical (unpaired) electrons. The Kier molecular flexibility index (Phi) is 6.31. The zero-order chi connectivity index (χ0) is 12.5. The molecule has 0 atom stereocenters. The average Bonchev–Trinajstić information content (AvgIpc) is 2.77. The van der Waals surface area contributed by atoms with Crippen molar-refractivity contribution in [2.45, 2.75) is 6.61 Å². The Bertz CT molecular complexity index is 332. The maximum absolute atomic E-state index is 10.6. The van der Waals surface area contributed by atoms with Gasteiger partial charge in [-0.2, -0.15) is 0 Å². The number of carboxylic acids is 1. The van der Waals surface area contributed by atoms with E-state index in [-0.39, 0.29) is 12.2 Å². The number of hydrogen-bond acceptors (Lipinski definition) is 5. The molecule has 0 spiro atoms. The Hall–Kier alpha value is -1.37. The smallest absolute Gasteiger partial charge is 0.338 e. The van der Waals surface area contributed by atoms with Gasteiger partial charge in [0.2, 0.25) is 0 Å². The maximum Gasteiger partial charge on any atom is 0.338 e. The lowest BCUT2D eigenvalue weighted by molar-refractivity contribution is 0.0162. The van der Waals surface area contributed by atoms with Crippen molar-refractivity contribution in [2.75, 3.05) is 33.5 Å². The van der Waals surface area contributed by atoms with Gasteiger partial charge in [0.15, 0.2) is 0 Å². The van der Waals surface area contributed by atoms with Gasteiger partial charge in [0.1, 0.15) is 18.6 Å². The van der Waals surface area contributed by atoms with Crippen LogP contribution >= 0.6 is 0 Å². The van der Waals surface area contributed by atoms with E-state index >= 15 is 0 Å². The van der Waals surface area contributed by atoms with Crippen LogP contribution < -0.4 is 0 Å². The molecule has 0 aromatic carbocycles. The molecule has 1 aromatic heterocycles. The van der Waals surface area contributed by atoms with E-state index in [2.05, 4.69) is 0 Å². The van der Waals surface area contributed by atoms with Crippen molar-refractivity contribution in [3.63, 3.8) is 0 Å². The van der Waals surface area contributed by atoms with E-state index < -0.39 is 5.97 Å². The van der Waals surface area contributed by atoms with Gasteiger partial charge < -0.3 is 23.7 Å². The Balaban J connectivity index is 2.07. The monoisotopic (exact) mass is 244 g/mol. The molecule has 0 amide bonds. The molecule has 1 N–H and O–H groups in total. The van der Waals surface area contributed by atoms with Crippen molar-refractivity contribution in [1.82, 2.24) is 0 Å². The van der Waals surface area contributed by atoms with E-state index in [0.29, 0.717) is 32.2 Å². The minimum Gasteiger partial charge on any atom is -0.478 e. The number of ether oxygens (including phenoxy) is 3. The third-order valence-electron chi connectivity index (χ3n) is 1.95. The second-order valence-electron chi connectivity index (χ2n) is 3.26. The van der Waals surface area contributed by atoms with Gasteiger partial charge in [-0.25, -0.2) is 4.79 Å². The van der Waals surface area contributed by atoms with Crippen molar-refractivity contribution in [1.29, 1.82) is 0 Å². The molecule has 0 saturated carbocycles. The van der Waals surface area contributed by atoms with Crippen molar-refractivity contribution in [3.8, 4) is 0 Å². The van der Waals surface area contributed by atoms with Gasteiger partial charge in [0, 0.05) is 7.11 Å². The highest BCUT2D eigenvalue weighted by Gasteiger charge is 2.07. The van der Waals surface area contributed by atoms with Gasteiger partial charge in [-0.1, -0.05) is 0 Å². The number of carbonyl (C=O) groups is 1. The molecular formula is C11H16O6. The minimum atomic E-state index is -1.01. The third-order valence-corrected chi connectivity index (χ3v) is 1.95. The molecule has 1 rings (SSSR count). The first-order chi connectivity index (χ1) is 8.24. The molecule has 0 aliphatic rings. The van der Waals surface area contributed by atoms with Gasteiger partial charge in [-0.15, -0.1) is 0 Å². The number of carboxylic acid groups (broad SMARTS) is 1. The summed E-state index contributed by atoms with van der Waals surface area (Å²) < 4.78 is 20.2. The molecule has 0 fully saturated rings. The summed E-state index contributed by atoms with van der Waals surface area (Å²) in [6.07, 6.45) is 1.19. The predicted octanol–water partition coefficient (Wildman–Crippen LogP) is 1.16. The van der Waals surface area contributed by atoms with Gasteiger partial charge in [-0.3, -0.25) is 0 Å². The molecule has 96 valence electrons. The summed E-state index contributed by atoms with van der Waals surface area (Å²) in [5.41, 5.74) is 0.125. The van der Waals surface area contributed by atoms with Crippen LogP contribution in [0.3, 0.4) is 0 Å². The van der Waals surface area contributed by atoms with Crippen molar-refractivity contribution < 1.29 is 28.5 Å². The highest BCUT2D eigenvalue weighted by molar-refractivity contribution is 5.87. The van der Waals surface area contributed by atoms with Gasteiger partial charge in [0.25, 0.3) is 0 Å². The molecule has 1 aromatic rings. The summed E-state index contributed by atoms with van der Waals surface area (Å²) >= 11 is 0. The Morgan fingerprint density at radius 2 is 2.00 bits per heavy atom. The quantitative estimate of drug-likeness (QED) is 0.657. The summed E-state index contributed by atoms with van der Waals surface area (Å²) in [7, 11) is 1.61. The Morgan fingerprint density at radius 1 is 1.29 bits per heavy atom. The fraction of sp³-hybridized carbons (Fsp3) is 0.545.